The minimum atomic E-state index is -0.509. The van der Waals surface area contributed by atoms with Gasteiger partial charge in [-0.05, 0) is 31.0 Å². The number of likely N-dealkylation sites (tertiary alicyclic amines) is 1. The number of benzene rings is 1. The van der Waals surface area contributed by atoms with E-state index in [1.165, 1.54) is 22.3 Å². The summed E-state index contributed by atoms with van der Waals surface area (Å²) in [5.74, 6) is -0.682. The molecule has 1 aliphatic rings. The van der Waals surface area contributed by atoms with E-state index in [1.54, 1.807) is 42.3 Å². The summed E-state index contributed by atoms with van der Waals surface area (Å²) in [6.07, 6.45) is 1.39. The van der Waals surface area contributed by atoms with Gasteiger partial charge in [0.25, 0.3) is 5.91 Å². The zero-order valence-corrected chi connectivity index (χ0v) is 15.3. The highest BCUT2D eigenvalue weighted by atomic mass is 35.5. The van der Waals surface area contributed by atoms with E-state index in [0.717, 1.165) is 6.42 Å². The normalized spacial score (nSPS) is 16.9. The molecule has 0 N–H and O–H groups in total. The summed E-state index contributed by atoms with van der Waals surface area (Å²) in [5.41, 5.74) is 0.458. The van der Waals surface area contributed by atoms with Crippen molar-refractivity contribution in [2.75, 3.05) is 13.6 Å². The molecule has 1 aromatic carbocycles. The van der Waals surface area contributed by atoms with Crippen LogP contribution in [-0.4, -0.2) is 41.2 Å². The van der Waals surface area contributed by atoms with Gasteiger partial charge in [-0.25, -0.2) is 4.39 Å². The van der Waals surface area contributed by atoms with Crippen molar-refractivity contribution < 1.29 is 14.0 Å². The predicted molar refractivity (Wildman–Crippen MR) is 96.3 cm³/mol. The second-order valence-corrected chi connectivity index (χ2v) is 7.76. The lowest BCUT2D eigenvalue weighted by Crippen LogP contribution is -2.46. The average molecular weight is 381 g/mol. The van der Waals surface area contributed by atoms with E-state index >= 15 is 0 Å². The molecule has 0 saturated carbocycles. The highest BCUT2D eigenvalue weighted by Crippen LogP contribution is 2.27. The van der Waals surface area contributed by atoms with Gasteiger partial charge in [-0.15, -0.1) is 11.3 Å². The number of nitrogens with zero attached hydrogens (tertiary/aromatic N) is 2. The Morgan fingerprint density at radius 1 is 1.32 bits per heavy atom. The Morgan fingerprint density at radius 2 is 2.08 bits per heavy atom. The predicted octanol–water partition coefficient (Wildman–Crippen LogP) is 3.80. The number of hydrogen-bond acceptors (Lipinski definition) is 3. The SMILES string of the molecule is CN(Cc1ccccc1F)C(=O)[C@@H]1CCCN1C(=O)c1ccc(Cl)s1. The average Bonchev–Trinajstić information content (AvgIpc) is 3.24. The molecular weight excluding hydrogens is 363 g/mol. The van der Waals surface area contributed by atoms with Crippen molar-refractivity contribution >= 4 is 34.8 Å². The van der Waals surface area contributed by atoms with Gasteiger partial charge in [0.15, 0.2) is 0 Å². The molecule has 4 nitrogen and oxygen atoms in total. The molecule has 2 amide bonds. The first-order valence-electron chi connectivity index (χ1n) is 8.02. The number of hydrogen-bond donors (Lipinski definition) is 0. The Balaban J connectivity index is 1.72. The fourth-order valence-corrected chi connectivity index (χ4v) is 4.05. The molecule has 2 heterocycles. The van der Waals surface area contributed by atoms with Gasteiger partial charge in [0.05, 0.1) is 9.21 Å². The van der Waals surface area contributed by atoms with E-state index in [4.69, 9.17) is 11.6 Å². The quantitative estimate of drug-likeness (QED) is 0.809. The fraction of sp³-hybridized carbons (Fsp3) is 0.333. The molecule has 0 radical (unpaired) electrons. The van der Waals surface area contributed by atoms with Crippen molar-refractivity contribution in [3.63, 3.8) is 0 Å². The summed E-state index contributed by atoms with van der Waals surface area (Å²) in [6, 6.07) is 9.23. The van der Waals surface area contributed by atoms with Gasteiger partial charge in [0, 0.05) is 25.7 Å². The van der Waals surface area contributed by atoms with Crippen LogP contribution in [0.3, 0.4) is 0 Å². The number of carbonyl (C=O) groups is 2. The van der Waals surface area contributed by atoms with Crippen molar-refractivity contribution in [2.24, 2.45) is 0 Å². The van der Waals surface area contributed by atoms with E-state index in [9.17, 15) is 14.0 Å². The number of amides is 2. The molecule has 1 aromatic heterocycles. The Labute approximate surface area is 154 Å². The van der Waals surface area contributed by atoms with Crippen molar-refractivity contribution in [2.45, 2.75) is 25.4 Å². The lowest BCUT2D eigenvalue weighted by atomic mass is 10.1. The first-order chi connectivity index (χ1) is 12.0. The molecule has 25 heavy (non-hydrogen) atoms. The van der Waals surface area contributed by atoms with Gasteiger partial charge in [-0.3, -0.25) is 9.59 Å². The largest absolute Gasteiger partial charge is 0.340 e. The van der Waals surface area contributed by atoms with Crippen molar-refractivity contribution in [1.82, 2.24) is 9.80 Å². The molecule has 0 spiro atoms. The van der Waals surface area contributed by atoms with E-state index in [0.29, 0.717) is 27.7 Å². The highest BCUT2D eigenvalue weighted by molar-refractivity contribution is 7.17. The van der Waals surface area contributed by atoms with Gasteiger partial charge in [0.1, 0.15) is 11.9 Å². The molecule has 0 aliphatic carbocycles. The minimum Gasteiger partial charge on any atom is -0.340 e. The molecule has 1 aliphatic heterocycles. The smallest absolute Gasteiger partial charge is 0.264 e. The summed E-state index contributed by atoms with van der Waals surface area (Å²) >= 11 is 7.11. The van der Waals surface area contributed by atoms with Crippen LogP contribution in [-0.2, 0) is 11.3 Å². The minimum absolute atomic E-state index is 0.170. The highest BCUT2D eigenvalue weighted by Gasteiger charge is 2.36. The number of carbonyl (C=O) groups excluding carboxylic acids is 2. The zero-order chi connectivity index (χ0) is 18.0. The molecule has 7 heteroatoms. The standard InChI is InChI=1S/C18H18ClFN2O2S/c1-21(11-12-5-2-3-6-13(12)20)17(23)14-7-4-10-22(14)18(24)15-8-9-16(19)25-15/h2-3,5-6,8-9,14H,4,7,10-11H2,1H3/t14-/m0/s1. The van der Waals surface area contributed by atoms with Crippen molar-refractivity contribution in [1.29, 1.82) is 0 Å². The Morgan fingerprint density at radius 3 is 2.76 bits per heavy atom. The Kier molecular flexibility index (Phi) is 5.39. The molecular formula is C18H18ClFN2O2S. The molecule has 0 unspecified atom stereocenters. The van der Waals surface area contributed by atoms with Crippen LogP contribution in [0.25, 0.3) is 0 Å². The maximum atomic E-state index is 13.8. The summed E-state index contributed by atoms with van der Waals surface area (Å²) in [5, 5.41) is 0. The topological polar surface area (TPSA) is 40.6 Å². The third kappa shape index (κ3) is 3.85. The van der Waals surface area contributed by atoms with Crippen LogP contribution in [0.2, 0.25) is 4.34 Å². The summed E-state index contributed by atoms with van der Waals surface area (Å²) in [4.78, 5) is 29.1. The van der Waals surface area contributed by atoms with Gasteiger partial charge < -0.3 is 9.80 Å². The van der Waals surface area contributed by atoms with Crippen LogP contribution in [0.5, 0.6) is 0 Å². The van der Waals surface area contributed by atoms with E-state index in [-0.39, 0.29) is 24.2 Å². The van der Waals surface area contributed by atoms with E-state index in [1.807, 2.05) is 0 Å². The second kappa shape index (κ2) is 7.54. The maximum Gasteiger partial charge on any atom is 0.264 e. The second-order valence-electron chi connectivity index (χ2n) is 6.05. The molecule has 2 aromatic rings. The number of rotatable bonds is 4. The molecule has 1 fully saturated rings. The van der Waals surface area contributed by atoms with Gasteiger partial charge >= 0.3 is 0 Å². The lowest BCUT2D eigenvalue weighted by molar-refractivity contribution is -0.134. The van der Waals surface area contributed by atoms with Crippen LogP contribution >= 0.6 is 22.9 Å². The first-order valence-corrected chi connectivity index (χ1v) is 9.21. The van der Waals surface area contributed by atoms with Crippen molar-refractivity contribution in [3.05, 3.63) is 57.0 Å². The third-order valence-electron chi connectivity index (χ3n) is 4.32. The molecule has 1 saturated heterocycles. The van der Waals surface area contributed by atoms with Crippen LogP contribution in [0, 0.1) is 5.82 Å². The third-order valence-corrected chi connectivity index (χ3v) is 5.54. The Hall–Kier alpha value is -1.92. The molecule has 3 rings (SSSR count). The zero-order valence-electron chi connectivity index (χ0n) is 13.7. The number of thiophene rings is 1. The van der Waals surface area contributed by atoms with E-state index < -0.39 is 6.04 Å². The fourth-order valence-electron chi connectivity index (χ4n) is 3.05. The maximum absolute atomic E-state index is 13.8. The molecule has 1 atom stereocenters. The van der Waals surface area contributed by atoms with Crippen LogP contribution in [0.1, 0.15) is 28.1 Å². The monoisotopic (exact) mass is 380 g/mol. The lowest BCUT2D eigenvalue weighted by Gasteiger charge is -2.28. The van der Waals surface area contributed by atoms with Gasteiger partial charge in [-0.2, -0.15) is 0 Å². The number of likely N-dealkylation sites (N-methyl/N-ethyl adjacent to an activating group) is 1. The summed E-state index contributed by atoms with van der Waals surface area (Å²) < 4.78 is 14.3. The number of halogens is 2. The van der Waals surface area contributed by atoms with Crippen LogP contribution in [0.4, 0.5) is 4.39 Å². The van der Waals surface area contributed by atoms with E-state index in [2.05, 4.69) is 0 Å². The van der Waals surface area contributed by atoms with Gasteiger partial charge in [0.2, 0.25) is 5.91 Å². The Bertz CT molecular complexity index is 795. The van der Waals surface area contributed by atoms with Crippen LogP contribution < -0.4 is 0 Å². The first kappa shape index (κ1) is 17.9. The molecule has 0 bridgehead atoms. The summed E-state index contributed by atoms with van der Waals surface area (Å²) in [7, 11) is 1.64. The van der Waals surface area contributed by atoms with Crippen molar-refractivity contribution in [3.8, 4) is 0 Å². The van der Waals surface area contributed by atoms with Crippen LogP contribution in [0.15, 0.2) is 36.4 Å². The molecule has 132 valence electrons. The van der Waals surface area contributed by atoms with Gasteiger partial charge in [-0.1, -0.05) is 29.8 Å². The summed E-state index contributed by atoms with van der Waals surface area (Å²) in [6.45, 7) is 0.715.